The Hall–Kier alpha value is -0.250. The minimum absolute atomic E-state index is 0.0771. The van der Waals surface area contributed by atoms with Gasteiger partial charge in [0.15, 0.2) is 0 Å². The van der Waals surface area contributed by atoms with Crippen LogP contribution in [0.4, 0.5) is 13.2 Å². The lowest BCUT2D eigenvalue weighted by atomic mass is 10.1. The summed E-state index contributed by atoms with van der Waals surface area (Å²) in [5.74, 6) is 0. The molecule has 0 aliphatic rings. The second-order valence-electron chi connectivity index (χ2n) is 2.53. The molecule has 0 aromatic carbocycles. The minimum Gasteiger partial charge on any atom is -0.281 e. The van der Waals surface area contributed by atoms with Crippen molar-refractivity contribution in [3.8, 4) is 0 Å². The second-order valence-corrected chi connectivity index (χ2v) is 2.95. The fourth-order valence-electron chi connectivity index (χ4n) is 0.766. The third-order valence-electron chi connectivity index (χ3n) is 1.33. The van der Waals surface area contributed by atoms with Crippen LogP contribution in [0.2, 0.25) is 0 Å². The number of halogens is 4. The normalized spacial score (nSPS) is 11.7. The molecule has 0 aliphatic heterocycles. The van der Waals surface area contributed by atoms with Gasteiger partial charge in [-0.05, 0) is 24.4 Å². The summed E-state index contributed by atoms with van der Waals surface area (Å²) in [6.45, 7) is 0. The van der Waals surface area contributed by atoms with Crippen molar-refractivity contribution in [2.45, 2.75) is 38.3 Å². The Labute approximate surface area is 73.9 Å². The number of alkyl halides is 3. The zero-order chi connectivity index (χ0) is 9.61. The van der Waals surface area contributed by atoms with E-state index in [1.807, 2.05) is 0 Å². The third kappa shape index (κ3) is 9.75. The molecule has 0 aromatic heterocycles. The highest BCUT2D eigenvalue weighted by Gasteiger charge is 2.25. The molecule has 0 spiro atoms. The molecule has 0 rings (SSSR count). The van der Waals surface area contributed by atoms with Crippen molar-refractivity contribution < 1.29 is 18.0 Å². The van der Waals surface area contributed by atoms with Crippen LogP contribution in [0, 0.1) is 0 Å². The molecule has 0 N–H and O–H groups in total. The highest BCUT2D eigenvalue weighted by molar-refractivity contribution is 6.63. The monoisotopic (exact) mass is 202 g/mol. The molecule has 0 aromatic rings. The minimum atomic E-state index is -4.08. The topological polar surface area (TPSA) is 17.1 Å². The molecule has 0 aliphatic carbocycles. The standard InChI is InChI=1S/C7H10ClF3O/c8-6(12)4-2-1-3-5-7(9,10)11/h1-5H2. The fourth-order valence-corrected chi connectivity index (χ4v) is 0.900. The summed E-state index contributed by atoms with van der Waals surface area (Å²) in [6.07, 6.45) is -3.77. The van der Waals surface area contributed by atoms with Crippen molar-refractivity contribution in [2.24, 2.45) is 0 Å². The predicted molar refractivity (Wildman–Crippen MR) is 40.0 cm³/mol. The van der Waals surface area contributed by atoms with Gasteiger partial charge in [-0.25, -0.2) is 0 Å². The highest BCUT2D eigenvalue weighted by atomic mass is 35.5. The summed E-state index contributed by atoms with van der Waals surface area (Å²) in [6, 6.07) is 0. The number of carbonyl (C=O) groups is 1. The smallest absolute Gasteiger partial charge is 0.281 e. The van der Waals surface area contributed by atoms with E-state index in [2.05, 4.69) is 0 Å². The number of hydrogen-bond acceptors (Lipinski definition) is 1. The van der Waals surface area contributed by atoms with Crippen LogP contribution >= 0.6 is 11.6 Å². The fraction of sp³-hybridized carbons (Fsp3) is 0.857. The van der Waals surface area contributed by atoms with E-state index in [0.717, 1.165) is 0 Å². The molecule has 0 saturated carbocycles. The number of unbranched alkanes of at least 4 members (excludes halogenated alkanes) is 2. The Morgan fingerprint density at radius 2 is 1.75 bits per heavy atom. The van der Waals surface area contributed by atoms with Gasteiger partial charge in [0.2, 0.25) is 5.24 Å². The second kappa shape index (κ2) is 5.41. The quantitative estimate of drug-likeness (QED) is 0.494. The summed E-state index contributed by atoms with van der Waals surface area (Å²) in [5, 5.41) is -0.484. The first-order valence-electron chi connectivity index (χ1n) is 3.67. The summed E-state index contributed by atoms with van der Waals surface area (Å²) >= 11 is 4.99. The molecule has 72 valence electrons. The largest absolute Gasteiger partial charge is 0.389 e. The van der Waals surface area contributed by atoms with Crippen molar-refractivity contribution in [2.75, 3.05) is 0 Å². The van der Waals surface area contributed by atoms with Crippen LogP contribution in [-0.2, 0) is 4.79 Å². The molecule has 0 fully saturated rings. The maximum Gasteiger partial charge on any atom is 0.389 e. The molecule has 0 unspecified atom stereocenters. The average Bonchev–Trinajstić information content (AvgIpc) is 1.83. The SMILES string of the molecule is O=C(Cl)CCCCCC(F)(F)F. The molecule has 0 heterocycles. The molecule has 0 saturated heterocycles. The lowest BCUT2D eigenvalue weighted by molar-refractivity contribution is -0.135. The van der Waals surface area contributed by atoms with Crippen LogP contribution < -0.4 is 0 Å². The van der Waals surface area contributed by atoms with Gasteiger partial charge in [0.25, 0.3) is 0 Å². The van der Waals surface area contributed by atoms with E-state index in [4.69, 9.17) is 11.6 Å². The average molecular weight is 203 g/mol. The molecule has 5 heteroatoms. The first-order chi connectivity index (χ1) is 5.42. The van der Waals surface area contributed by atoms with Gasteiger partial charge in [0.05, 0.1) is 0 Å². The van der Waals surface area contributed by atoms with Gasteiger partial charge in [0, 0.05) is 12.8 Å². The van der Waals surface area contributed by atoms with Crippen LogP contribution in [0.1, 0.15) is 32.1 Å². The molecule has 0 radical (unpaired) electrons. The van der Waals surface area contributed by atoms with E-state index in [-0.39, 0.29) is 12.8 Å². The molecule has 12 heavy (non-hydrogen) atoms. The van der Waals surface area contributed by atoms with Crippen LogP contribution in [0.15, 0.2) is 0 Å². The van der Waals surface area contributed by atoms with Crippen LogP contribution in [0.3, 0.4) is 0 Å². The summed E-state index contributed by atoms with van der Waals surface area (Å²) in [5.41, 5.74) is 0. The Morgan fingerprint density at radius 3 is 2.17 bits per heavy atom. The van der Waals surface area contributed by atoms with Crippen molar-refractivity contribution in [1.82, 2.24) is 0 Å². The van der Waals surface area contributed by atoms with Crippen LogP contribution in [-0.4, -0.2) is 11.4 Å². The van der Waals surface area contributed by atoms with Gasteiger partial charge < -0.3 is 0 Å². The highest BCUT2D eigenvalue weighted by Crippen LogP contribution is 2.22. The van der Waals surface area contributed by atoms with Crippen molar-refractivity contribution >= 4 is 16.8 Å². The van der Waals surface area contributed by atoms with Gasteiger partial charge in [-0.2, -0.15) is 13.2 Å². The van der Waals surface area contributed by atoms with Crippen molar-refractivity contribution in [3.05, 3.63) is 0 Å². The Balaban J connectivity index is 3.17. The van der Waals surface area contributed by atoms with Gasteiger partial charge in [0.1, 0.15) is 0 Å². The molecule has 0 bridgehead atoms. The maximum atomic E-state index is 11.5. The lowest BCUT2D eigenvalue weighted by Gasteiger charge is -2.04. The Bertz CT molecular complexity index is 144. The zero-order valence-corrected chi connectivity index (χ0v) is 7.21. The Morgan fingerprint density at radius 1 is 1.17 bits per heavy atom. The van der Waals surface area contributed by atoms with E-state index >= 15 is 0 Å². The summed E-state index contributed by atoms with van der Waals surface area (Å²) in [4.78, 5) is 10.1. The lowest BCUT2D eigenvalue weighted by Crippen LogP contribution is -2.06. The number of hydrogen-bond donors (Lipinski definition) is 0. The van der Waals surface area contributed by atoms with E-state index in [1.54, 1.807) is 0 Å². The molecule has 0 atom stereocenters. The van der Waals surface area contributed by atoms with Gasteiger partial charge in [-0.3, -0.25) is 4.79 Å². The maximum absolute atomic E-state index is 11.5. The van der Waals surface area contributed by atoms with Gasteiger partial charge in [-0.15, -0.1) is 0 Å². The number of rotatable bonds is 5. The van der Waals surface area contributed by atoms with Crippen LogP contribution in [0.5, 0.6) is 0 Å². The van der Waals surface area contributed by atoms with Crippen molar-refractivity contribution in [3.63, 3.8) is 0 Å². The van der Waals surface area contributed by atoms with E-state index < -0.39 is 17.8 Å². The van der Waals surface area contributed by atoms with Gasteiger partial charge >= 0.3 is 6.18 Å². The predicted octanol–water partition coefficient (Wildman–Crippen LogP) is 3.26. The van der Waals surface area contributed by atoms with Gasteiger partial charge in [-0.1, -0.05) is 6.42 Å². The molecular formula is C7H10ClF3O. The summed E-state index contributed by atoms with van der Waals surface area (Å²) < 4.78 is 34.6. The third-order valence-corrected chi connectivity index (χ3v) is 1.52. The van der Waals surface area contributed by atoms with Crippen molar-refractivity contribution in [1.29, 1.82) is 0 Å². The Kier molecular flexibility index (Phi) is 5.29. The first-order valence-corrected chi connectivity index (χ1v) is 4.05. The molecular weight excluding hydrogens is 193 g/mol. The number of carbonyl (C=O) groups excluding carboxylic acids is 1. The zero-order valence-electron chi connectivity index (χ0n) is 6.46. The van der Waals surface area contributed by atoms with Crippen LogP contribution in [0.25, 0.3) is 0 Å². The molecule has 0 amide bonds. The first kappa shape index (κ1) is 11.8. The summed E-state index contributed by atoms with van der Waals surface area (Å²) in [7, 11) is 0. The molecule has 1 nitrogen and oxygen atoms in total. The van der Waals surface area contributed by atoms with E-state index in [0.29, 0.717) is 12.8 Å². The van der Waals surface area contributed by atoms with E-state index in [1.165, 1.54) is 0 Å². The van der Waals surface area contributed by atoms with E-state index in [9.17, 15) is 18.0 Å².